The lowest BCUT2D eigenvalue weighted by Crippen LogP contribution is -2.36. The molecule has 0 aliphatic carbocycles. The summed E-state index contributed by atoms with van der Waals surface area (Å²) in [4.78, 5) is 23.1. The van der Waals surface area contributed by atoms with Gasteiger partial charge in [0, 0.05) is 23.3 Å². The van der Waals surface area contributed by atoms with Crippen LogP contribution in [0.4, 0.5) is 17.1 Å². The number of nitrogens with one attached hydrogen (secondary N) is 1. The van der Waals surface area contributed by atoms with Crippen LogP contribution in [0, 0.1) is 10.1 Å². The van der Waals surface area contributed by atoms with Gasteiger partial charge in [-0.3, -0.25) is 19.2 Å². The largest absolute Gasteiger partial charge is 0.322 e. The van der Waals surface area contributed by atoms with Crippen molar-refractivity contribution in [1.29, 1.82) is 0 Å². The molecule has 0 radical (unpaired) electrons. The maximum absolute atomic E-state index is 12.5. The molecular formula is C18H18ClN3O5S. The van der Waals surface area contributed by atoms with Gasteiger partial charge in [0.15, 0.2) is 0 Å². The van der Waals surface area contributed by atoms with Crippen molar-refractivity contribution in [3.8, 4) is 0 Å². The molecule has 148 valence electrons. The van der Waals surface area contributed by atoms with Gasteiger partial charge < -0.3 is 5.32 Å². The highest BCUT2D eigenvalue weighted by atomic mass is 35.5. The van der Waals surface area contributed by atoms with Crippen LogP contribution in [0.15, 0.2) is 36.4 Å². The Labute approximate surface area is 167 Å². The van der Waals surface area contributed by atoms with E-state index in [0.29, 0.717) is 30.8 Å². The minimum Gasteiger partial charge on any atom is -0.322 e. The zero-order chi connectivity index (χ0) is 20.5. The number of aryl methyl sites for hydroxylation is 1. The van der Waals surface area contributed by atoms with Crippen LogP contribution in [0.2, 0.25) is 5.02 Å². The van der Waals surface area contributed by atoms with Crippen molar-refractivity contribution >= 4 is 44.6 Å². The number of amides is 1. The van der Waals surface area contributed by atoms with Crippen molar-refractivity contribution in [2.24, 2.45) is 0 Å². The first-order valence-corrected chi connectivity index (χ1v) is 10.6. The zero-order valence-corrected chi connectivity index (χ0v) is 16.6. The minimum absolute atomic E-state index is 0.00333. The van der Waals surface area contributed by atoms with Gasteiger partial charge in [0.1, 0.15) is 5.56 Å². The molecule has 1 aliphatic rings. The summed E-state index contributed by atoms with van der Waals surface area (Å²) < 4.78 is 25.9. The number of nitro benzene ring substituents is 1. The smallest absolute Gasteiger partial charge is 0.282 e. The predicted molar refractivity (Wildman–Crippen MR) is 108 cm³/mol. The summed E-state index contributed by atoms with van der Waals surface area (Å²) in [6, 6.07) is 8.68. The first-order chi connectivity index (χ1) is 13.2. The number of carbonyl (C=O) groups excluding carboxylic acids is 1. The molecule has 10 heteroatoms. The molecular weight excluding hydrogens is 406 g/mol. The maximum atomic E-state index is 12.5. The van der Waals surface area contributed by atoms with Crippen LogP contribution >= 0.6 is 11.6 Å². The van der Waals surface area contributed by atoms with Gasteiger partial charge >= 0.3 is 0 Å². The van der Waals surface area contributed by atoms with E-state index in [-0.39, 0.29) is 22.0 Å². The van der Waals surface area contributed by atoms with Crippen LogP contribution < -0.4 is 9.62 Å². The van der Waals surface area contributed by atoms with Gasteiger partial charge in [0.25, 0.3) is 11.6 Å². The number of carbonyl (C=O) groups is 1. The van der Waals surface area contributed by atoms with E-state index in [4.69, 9.17) is 11.6 Å². The lowest BCUT2D eigenvalue weighted by molar-refractivity contribution is -0.385. The number of nitrogens with zero attached hydrogens (tertiary/aromatic N) is 2. The van der Waals surface area contributed by atoms with Gasteiger partial charge in [-0.15, -0.1) is 0 Å². The first-order valence-electron chi connectivity index (χ1n) is 8.61. The summed E-state index contributed by atoms with van der Waals surface area (Å²) in [6.07, 6.45) is 1.34. The van der Waals surface area contributed by atoms with Gasteiger partial charge in [-0.25, -0.2) is 8.42 Å². The molecule has 1 heterocycles. The Morgan fingerprint density at radius 3 is 2.71 bits per heavy atom. The number of hydrogen-bond acceptors (Lipinski definition) is 5. The quantitative estimate of drug-likeness (QED) is 0.583. The SMILES string of the molecule is CCS(=O)(=O)N1CCCc2cc(NC(=O)c3cc(Cl)ccc3[N+](=O)[O-])ccc21. The number of benzene rings is 2. The van der Waals surface area contributed by atoms with Crippen LogP contribution in [-0.4, -0.2) is 31.5 Å². The zero-order valence-electron chi connectivity index (χ0n) is 15.0. The Morgan fingerprint density at radius 2 is 2.04 bits per heavy atom. The van der Waals surface area contributed by atoms with E-state index < -0.39 is 20.9 Å². The summed E-state index contributed by atoms with van der Waals surface area (Å²) in [5, 5.41) is 14.0. The molecule has 3 rings (SSSR count). The monoisotopic (exact) mass is 423 g/mol. The number of anilines is 2. The van der Waals surface area contributed by atoms with Crippen LogP contribution in [0.5, 0.6) is 0 Å². The molecule has 1 amide bonds. The van der Waals surface area contributed by atoms with E-state index in [9.17, 15) is 23.3 Å². The van der Waals surface area contributed by atoms with E-state index in [1.54, 1.807) is 25.1 Å². The minimum atomic E-state index is -3.38. The highest BCUT2D eigenvalue weighted by Crippen LogP contribution is 2.32. The third kappa shape index (κ3) is 3.95. The van der Waals surface area contributed by atoms with Crippen molar-refractivity contribution in [3.05, 3.63) is 62.7 Å². The second-order valence-corrected chi connectivity index (χ2v) is 8.91. The third-order valence-corrected chi connectivity index (χ3v) is 6.53. The Hall–Kier alpha value is -2.65. The molecule has 0 atom stereocenters. The molecule has 0 aromatic heterocycles. The molecule has 1 N–H and O–H groups in total. The second kappa shape index (κ2) is 7.76. The number of sulfonamides is 1. The fourth-order valence-corrected chi connectivity index (χ4v) is 4.50. The number of fused-ring (bicyclic) bond motifs is 1. The summed E-state index contributed by atoms with van der Waals surface area (Å²) >= 11 is 5.87. The molecule has 0 fully saturated rings. The fraction of sp³-hybridized carbons (Fsp3) is 0.278. The van der Waals surface area contributed by atoms with E-state index in [2.05, 4.69) is 5.32 Å². The molecule has 8 nitrogen and oxygen atoms in total. The van der Waals surface area contributed by atoms with Gasteiger partial charge in [0.05, 0.1) is 16.4 Å². The Balaban J connectivity index is 1.90. The summed E-state index contributed by atoms with van der Waals surface area (Å²) in [5.74, 6) is -0.661. The highest BCUT2D eigenvalue weighted by Gasteiger charge is 2.27. The summed E-state index contributed by atoms with van der Waals surface area (Å²) in [5.41, 5.74) is 1.32. The molecule has 0 saturated heterocycles. The standard InChI is InChI=1S/C18H18ClN3O5S/c1-2-28(26,27)21-9-3-4-12-10-14(6-8-16(12)21)20-18(23)15-11-13(19)5-7-17(15)22(24)25/h5-8,10-11H,2-4,9H2,1H3,(H,20,23). The van der Waals surface area contributed by atoms with E-state index in [1.807, 2.05) is 0 Å². The summed E-state index contributed by atoms with van der Waals surface area (Å²) in [6.45, 7) is 2.01. The topological polar surface area (TPSA) is 110 Å². The first kappa shape index (κ1) is 20.1. The molecule has 2 aromatic carbocycles. The second-order valence-electron chi connectivity index (χ2n) is 6.29. The average molecular weight is 424 g/mol. The highest BCUT2D eigenvalue weighted by molar-refractivity contribution is 7.92. The van der Waals surface area contributed by atoms with Crippen molar-refractivity contribution in [2.75, 3.05) is 21.9 Å². The van der Waals surface area contributed by atoms with Gasteiger partial charge in [-0.2, -0.15) is 0 Å². The van der Waals surface area contributed by atoms with Crippen LogP contribution in [-0.2, 0) is 16.4 Å². The van der Waals surface area contributed by atoms with Crippen molar-refractivity contribution in [2.45, 2.75) is 19.8 Å². The normalized spacial score (nSPS) is 13.7. The lowest BCUT2D eigenvalue weighted by Gasteiger charge is -2.30. The fourth-order valence-electron chi connectivity index (χ4n) is 3.13. The van der Waals surface area contributed by atoms with Gasteiger partial charge in [-0.05, 0) is 55.7 Å². The molecule has 0 spiro atoms. The number of hydrogen-bond donors (Lipinski definition) is 1. The molecule has 28 heavy (non-hydrogen) atoms. The molecule has 0 saturated carbocycles. The van der Waals surface area contributed by atoms with Gasteiger partial charge in [-0.1, -0.05) is 11.6 Å². The average Bonchev–Trinajstić information content (AvgIpc) is 2.66. The van der Waals surface area contributed by atoms with Crippen LogP contribution in [0.25, 0.3) is 0 Å². The molecule has 1 aliphatic heterocycles. The summed E-state index contributed by atoms with van der Waals surface area (Å²) in [7, 11) is -3.38. The number of nitro groups is 1. The molecule has 0 unspecified atom stereocenters. The van der Waals surface area contributed by atoms with E-state index >= 15 is 0 Å². The van der Waals surface area contributed by atoms with Gasteiger partial charge in [0.2, 0.25) is 10.0 Å². The van der Waals surface area contributed by atoms with Crippen molar-refractivity contribution in [1.82, 2.24) is 0 Å². The molecule has 0 bridgehead atoms. The number of halogens is 1. The van der Waals surface area contributed by atoms with E-state index in [1.165, 1.54) is 22.5 Å². The Morgan fingerprint density at radius 1 is 1.29 bits per heavy atom. The van der Waals surface area contributed by atoms with Crippen LogP contribution in [0.1, 0.15) is 29.3 Å². The number of rotatable bonds is 5. The molecule has 2 aromatic rings. The van der Waals surface area contributed by atoms with Crippen molar-refractivity contribution < 1.29 is 18.1 Å². The maximum Gasteiger partial charge on any atom is 0.282 e. The van der Waals surface area contributed by atoms with E-state index in [0.717, 1.165) is 5.56 Å². The lowest BCUT2D eigenvalue weighted by atomic mass is 10.0. The Kier molecular flexibility index (Phi) is 5.57. The Bertz CT molecular complexity index is 1060. The predicted octanol–water partition coefficient (Wildman–Crippen LogP) is 3.60. The van der Waals surface area contributed by atoms with Crippen LogP contribution in [0.3, 0.4) is 0 Å². The third-order valence-electron chi connectivity index (χ3n) is 4.51. The van der Waals surface area contributed by atoms with Crippen molar-refractivity contribution in [3.63, 3.8) is 0 Å².